The molecule has 0 fully saturated rings. The molecule has 12 heteroatoms. The Morgan fingerprint density at radius 1 is 1.16 bits per heavy atom. The molecule has 0 atom stereocenters. The number of nitrogens with zero attached hydrogens (tertiary/aromatic N) is 3. The normalized spacial score (nSPS) is 11.2. The molecule has 4 rings (SSSR count). The van der Waals surface area contributed by atoms with Crippen molar-refractivity contribution in [2.45, 2.75) is 26.4 Å². The number of imidazole rings is 1. The highest BCUT2D eigenvalue weighted by molar-refractivity contribution is 5.96. The van der Waals surface area contributed by atoms with Crippen LogP contribution in [0.5, 0.6) is 5.75 Å². The fourth-order valence-corrected chi connectivity index (χ4v) is 3.82. The summed E-state index contributed by atoms with van der Waals surface area (Å²) in [6.07, 6.45) is 5.29. The Morgan fingerprint density at radius 3 is 2.70 bits per heavy atom. The van der Waals surface area contributed by atoms with Crippen LogP contribution >= 0.6 is 0 Å². The summed E-state index contributed by atoms with van der Waals surface area (Å²) in [6, 6.07) is 7.23. The number of amides is 1. The molecule has 4 aromatic rings. The van der Waals surface area contributed by atoms with Crippen molar-refractivity contribution in [3.63, 3.8) is 0 Å². The van der Waals surface area contributed by atoms with Crippen molar-refractivity contribution in [1.29, 1.82) is 0 Å². The summed E-state index contributed by atoms with van der Waals surface area (Å²) in [7, 11) is 0. The largest absolute Gasteiger partial charge is 0.432 e. The van der Waals surface area contributed by atoms with E-state index in [0.717, 1.165) is 17.7 Å². The van der Waals surface area contributed by atoms with E-state index in [9.17, 15) is 22.4 Å². The number of hydrogen-bond donors (Lipinski definition) is 3. The molecular formula is C25H23F4N5O3. The number of carbonyl (C=O) groups excluding carboxylic acids is 1. The number of hydrogen-bond acceptors (Lipinski definition) is 6. The van der Waals surface area contributed by atoms with Gasteiger partial charge in [0.25, 0.3) is 5.91 Å². The first-order valence-electron chi connectivity index (χ1n) is 11.4. The van der Waals surface area contributed by atoms with Crippen LogP contribution in [0.3, 0.4) is 0 Å². The first-order chi connectivity index (χ1) is 17.8. The molecule has 0 aliphatic carbocycles. The van der Waals surface area contributed by atoms with E-state index in [-0.39, 0.29) is 23.8 Å². The zero-order valence-electron chi connectivity index (χ0n) is 19.6. The van der Waals surface area contributed by atoms with Gasteiger partial charge in [-0.25, -0.2) is 14.4 Å². The third kappa shape index (κ3) is 5.48. The van der Waals surface area contributed by atoms with E-state index in [2.05, 4.69) is 25.3 Å². The number of carbonyl (C=O) groups is 1. The lowest BCUT2D eigenvalue weighted by atomic mass is 10.0. The van der Waals surface area contributed by atoms with Crippen molar-refractivity contribution in [3.05, 3.63) is 71.7 Å². The Hall–Kier alpha value is -4.19. The minimum Gasteiger partial charge on any atom is -0.432 e. The Morgan fingerprint density at radius 2 is 1.97 bits per heavy atom. The fraction of sp³-hybridized carbons (Fsp3) is 0.240. The van der Waals surface area contributed by atoms with Gasteiger partial charge in [-0.2, -0.15) is 13.2 Å². The maximum atomic E-state index is 14.7. The number of aliphatic hydroxyl groups excluding tert-OH is 1. The minimum atomic E-state index is -3.29. The molecule has 0 saturated carbocycles. The Kier molecular flexibility index (Phi) is 7.87. The van der Waals surface area contributed by atoms with Crippen LogP contribution in [0.4, 0.5) is 29.1 Å². The number of anilines is 2. The number of aliphatic hydroxyl groups is 1. The minimum absolute atomic E-state index is 0.0161. The zero-order valence-corrected chi connectivity index (χ0v) is 19.6. The van der Waals surface area contributed by atoms with Crippen LogP contribution in [0.25, 0.3) is 16.9 Å². The average Bonchev–Trinajstić information content (AvgIpc) is 3.31. The summed E-state index contributed by atoms with van der Waals surface area (Å²) in [5.74, 6) is -3.71. The molecule has 2 heterocycles. The maximum Gasteiger partial charge on any atom is 0.387 e. The van der Waals surface area contributed by atoms with Crippen LogP contribution in [-0.2, 0) is 6.42 Å². The molecule has 0 bridgehead atoms. The number of aryl methyl sites for hydroxylation is 1. The summed E-state index contributed by atoms with van der Waals surface area (Å²) < 4.78 is 59.4. The van der Waals surface area contributed by atoms with Crippen molar-refractivity contribution in [3.8, 4) is 17.0 Å². The van der Waals surface area contributed by atoms with Gasteiger partial charge in [0.05, 0.1) is 11.9 Å². The van der Waals surface area contributed by atoms with Crippen molar-refractivity contribution in [1.82, 2.24) is 19.7 Å². The second kappa shape index (κ2) is 11.2. The van der Waals surface area contributed by atoms with Gasteiger partial charge in [-0.05, 0) is 48.7 Å². The molecule has 0 radical (unpaired) electrons. The lowest BCUT2D eigenvalue weighted by Crippen LogP contribution is -2.26. The Bertz CT molecular complexity index is 1430. The van der Waals surface area contributed by atoms with Crippen LogP contribution in [-0.4, -0.2) is 45.1 Å². The standard InChI is InChI=1S/C25H23F4N5O3/c1-2-14-12-15(4-5-16(14)24(36)31-8-3-11-35)33-22-23-32-13-18(34(23)10-9-30-22)17-6-7-19(37-25(28)29)21(27)20(17)26/h4-7,9-10,12-13,25,35H,2-3,8,11H2,1H3,(H,30,33)(H,31,36). The predicted molar refractivity (Wildman–Crippen MR) is 128 cm³/mol. The Labute approximate surface area is 208 Å². The molecular weight excluding hydrogens is 494 g/mol. The first-order valence-corrected chi connectivity index (χ1v) is 11.4. The number of halogens is 4. The van der Waals surface area contributed by atoms with E-state index in [0.29, 0.717) is 42.1 Å². The highest BCUT2D eigenvalue weighted by Gasteiger charge is 2.21. The van der Waals surface area contributed by atoms with E-state index < -0.39 is 24.0 Å². The predicted octanol–water partition coefficient (Wildman–Crippen LogP) is 4.69. The third-order valence-electron chi connectivity index (χ3n) is 5.58. The molecule has 194 valence electrons. The van der Waals surface area contributed by atoms with Crippen molar-refractivity contribution < 1.29 is 32.2 Å². The quantitative estimate of drug-likeness (QED) is 0.208. The summed E-state index contributed by atoms with van der Waals surface area (Å²) in [5, 5.41) is 14.8. The smallest absolute Gasteiger partial charge is 0.387 e. The molecule has 1 amide bonds. The van der Waals surface area contributed by atoms with Gasteiger partial charge in [-0.3, -0.25) is 9.20 Å². The van der Waals surface area contributed by atoms with E-state index in [1.54, 1.807) is 18.2 Å². The summed E-state index contributed by atoms with van der Waals surface area (Å²) in [6.45, 7) is -1.04. The summed E-state index contributed by atoms with van der Waals surface area (Å²) in [5.41, 5.74) is 2.19. The van der Waals surface area contributed by atoms with Gasteiger partial charge in [0.2, 0.25) is 5.82 Å². The van der Waals surface area contributed by atoms with Gasteiger partial charge in [0.1, 0.15) is 0 Å². The van der Waals surface area contributed by atoms with E-state index in [1.807, 2.05) is 6.92 Å². The topological polar surface area (TPSA) is 101 Å². The second-order valence-electron chi connectivity index (χ2n) is 7.91. The van der Waals surface area contributed by atoms with Crippen LogP contribution < -0.4 is 15.4 Å². The van der Waals surface area contributed by atoms with Crippen LogP contribution in [0, 0.1) is 11.6 Å². The first kappa shape index (κ1) is 25.9. The monoisotopic (exact) mass is 517 g/mol. The SMILES string of the molecule is CCc1cc(Nc2nccn3c(-c4ccc(OC(F)F)c(F)c4F)cnc23)ccc1C(=O)NCCCO. The number of benzene rings is 2. The molecule has 3 N–H and O–H groups in total. The van der Waals surface area contributed by atoms with Crippen LogP contribution in [0.15, 0.2) is 48.9 Å². The molecule has 0 unspecified atom stereocenters. The highest BCUT2D eigenvalue weighted by atomic mass is 19.3. The number of rotatable bonds is 10. The molecule has 0 aliphatic rings. The number of nitrogens with one attached hydrogen (secondary N) is 2. The average molecular weight is 517 g/mol. The number of aromatic nitrogens is 3. The van der Waals surface area contributed by atoms with Crippen molar-refractivity contribution in [2.24, 2.45) is 0 Å². The van der Waals surface area contributed by atoms with Gasteiger partial charge in [0.15, 0.2) is 23.0 Å². The fourth-order valence-electron chi connectivity index (χ4n) is 3.82. The van der Waals surface area contributed by atoms with E-state index in [1.165, 1.54) is 23.0 Å². The third-order valence-corrected chi connectivity index (χ3v) is 5.58. The van der Waals surface area contributed by atoms with Gasteiger partial charge < -0.3 is 20.5 Å². The highest BCUT2D eigenvalue weighted by Crippen LogP contribution is 2.32. The Balaban J connectivity index is 1.63. The molecule has 0 saturated heterocycles. The van der Waals surface area contributed by atoms with Gasteiger partial charge in [-0.1, -0.05) is 6.92 Å². The van der Waals surface area contributed by atoms with Gasteiger partial charge in [0, 0.05) is 42.4 Å². The zero-order chi connectivity index (χ0) is 26.5. The van der Waals surface area contributed by atoms with Crippen LogP contribution in [0.2, 0.25) is 0 Å². The van der Waals surface area contributed by atoms with Crippen LogP contribution in [0.1, 0.15) is 29.3 Å². The number of alkyl halides is 2. The maximum absolute atomic E-state index is 14.7. The number of ether oxygens (including phenoxy) is 1. The molecule has 8 nitrogen and oxygen atoms in total. The molecule has 2 aromatic carbocycles. The van der Waals surface area contributed by atoms with Gasteiger partial charge >= 0.3 is 6.61 Å². The van der Waals surface area contributed by atoms with E-state index in [4.69, 9.17) is 5.11 Å². The lowest BCUT2D eigenvalue weighted by Gasteiger charge is -2.13. The molecule has 37 heavy (non-hydrogen) atoms. The molecule has 0 spiro atoms. The number of fused-ring (bicyclic) bond motifs is 1. The van der Waals surface area contributed by atoms with E-state index >= 15 is 0 Å². The second-order valence-corrected chi connectivity index (χ2v) is 7.91. The van der Waals surface area contributed by atoms with Crippen molar-refractivity contribution in [2.75, 3.05) is 18.5 Å². The van der Waals surface area contributed by atoms with Gasteiger partial charge in [-0.15, -0.1) is 0 Å². The summed E-state index contributed by atoms with van der Waals surface area (Å²) >= 11 is 0. The lowest BCUT2D eigenvalue weighted by molar-refractivity contribution is -0.0525. The molecule has 0 aliphatic heterocycles. The summed E-state index contributed by atoms with van der Waals surface area (Å²) in [4.78, 5) is 21.0. The molecule has 2 aromatic heterocycles. The van der Waals surface area contributed by atoms with Crippen molar-refractivity contribution >= 4 is 23.1 Å².